The molecule has 0 aliphatic heterocycles. The molecule has 0 saturated carbocycles. The molecular weight excluding hydrogens is 218 g/mol. The third-order valence-corrected chi connectivity index (χ3v) is 1.97. The Balaban J connectivity index is 0.000000561. The first-order valence-electron chi connectivity index (χ1n) is 3.79. The van der Waals surface area contributed by atoms with Crippen molar-refractivity contribution in [2.24, 2.45) is 0 Å². The summed E-state index contributed by atoms with van der Waals surface area (Å²) in [6, 6.07) is 2.11. The maximum atomic E-state index is 7.00. The highest BCUT2D eigenvalue weighted by molar-refractivity contribution is 9.10. The lowest BCUT2D eigenvalue weighted by molar-refractivity contribution is 0.399. The van der Waals surface area contributed by atoms with E-state index < -0.39 is 0 Å². The molecular formula is C9H14BrNO. The maximum absolute atomic E-state index is 7.00. The fourth-order valence-electron chi connectivity index (χ4n) is 0.907. The van der Waals surface area contributed by atoms with Crippen LogP contribution >= 0.6 is 15.9 Å². The summed E-state index contributed by atoms with van der Waals surface area (Å²) in [6.07, 6.45) is 2.88. The molecule has 12 heavy (non-hydrogen) atoms. The Kier molecular flexibility index (Phi) is 5.93. The van der Waals surface area contributed by atoms with Crippen molar-refractivity contribution >= 4 is 15.9 Å². The molecule has 0 fully saturated rings. The number of rotatable bonds is 1. The fourth-order valence-corrected chi connectivity index (χ4v) is 1.29. The zero-order chi connectivity index (χ0) is 9.56. The van der Waals surface area contributed by atoms with Crippen molar-refractivity contribution in [3.05, 3.63) is 28.0 Å². The average molecular weight is 232 g/mol. The van der Waals surface area contributed by atoms with Crippen LogP contribution in [-0.2, 0) is 6.42 Å². The highest BCUT2D eigenvalue weighted by Gasteiger charge is 1.95. The van der Waals surface area contributed by atoms with Gasteiger partial charge in [0, 0.05) is 23.5 Å². The van der Waals surface area contributed by atoms with Crippen molar-refractivity contribution in [3.8, 4) is 0 Å². The molecule has 1 N–H and O–H groups in total. The first-order valence-corrected chi connectivity index (χ1v) is 4.59. The van der Waals surface area contributed by atoms with Crippen molar-refractivity contribution in [3.63, 3.8) is 0 Å². The molecule has 2 nitrogen and oxygen atoms in total. The first kappa shape index (κ1) is 11.6. The van der Waals surface area contributed by atoms with Crippen LogP contribution in [0.3, 0.4) is 0 Å². The molecule has 0 amide bonds. The fraction of sp³-hybridized carbons (Fsp3) is 0.444. The van der Waals surface area contributed by atoms with Gasteiger partial charge in [0.15, 0.2) is 0 Å². The van der Waals surface area contributed by atoms with Crippen LogP contribution in [0.2, 0.25) is 0 Å². The van der Waals surface area contributed by atoms with Crippen LogP contribution in [0, 0.1) is 6.92 Å². The van der Waals surface area contributed by atoms with E-state index in [4.69, 9.17) is 5.11 Å². The predicted molar refractivity (Wildman–Crippen MR) is 54.2 cm³/mol. The molecule has 3 heteroatoms. The van der Waals surface area contributed by atoms with Gasteiger partial charge in [-0.1, -0.05) is 6.92 Å². The minimum atomic E-state index is 1.00. The second-order valence-electron chi connectivity index (χ2n) is 2.25. The van der Waals surface area contributed by atoms with Crippen LogP contribution in [-0.4, -0.2) is 17.2 Å². The number of halogens is 1. The van der Waals surface area contributed by atoms with E-state index in [1.807, 2.05) is 13.1 Å². The van der Waals surface area contributed by atoms with Crippen LogP contribution in [0.15, 0.2) is 16.7 Å². The van der Waals surface area contributed by atoms with Crippen molar-refractivity contribution in [2.75, 3.05) is 7.11 Å². The number of aliphatic hydroxyl groups excluding tert-OH is 1. The SMILES string of the molecule is CCc1cc(Br)cnc1C.CO. The van der Waals surface area contributed by atoms with E-state index in [0.29, 0.717) is 0 Å². The van der Waals surface area contributed by atoms with Gasteiger partial charge in [-0.05, 0) is 40.9 Å². The Morgan fingerprint density at radius 1 is 1.50 bits per heavy atom. The Morgan fingerprint density at radius 2 is 2.08 bits per heavy atom. The number of aromatic nitrogens is 1. The summed E-state index contributed by atoms with van der Waals surface area (Å²) in [7, 11) is 1.00. The highest BCUT2D eigenvalue weighted by Crippen LogP contribution is 2.13. The molecule has 0 unspecified atom stereocenters. The molecule has 68 valence electrons. The highest BCUT2D eigenvalue weighted by atomic mass is 79.9. The van der Waals surface area contributed by atoms with Gasteiger partial charge in [0.1, 0.15) is 0 Å². The number of hydrogen-bond acceptors (Lipinski definition) is 2. The van der Waals surface area contributed by atoms with Gasteiger partial charge < -0.3 is 5.11 Å². The zero-order valence-corrected chi connectivity index (χ0v) is 9.22. The summed E-state index contributed by atoms with van der Waals surface area (Å²) in [5.74, 6) is 0. The van der Waals surface area contributed by atoms with Crippen molar-refractivity contribution in [1.82, 2.24) is 4.98 Å². The van der Waals surface area contributed by atoms with Crippen LogP contribution < -0.4 is 0 Å². The number of pyridine rings is 1. The van der Waals surface area contributed by atoms with Gasteiger partial charge in [-0.15, -0.1) is 0 Å². The van der Waals surface area contributed by atoms with E-state index >= 15 is 0 Å². The molecule has 0 aliphatic carbocycles. The molecule has 1 aromatic rings. The lowest BCUT2D eigenvalue weighted by atomic mass is 10.2. The Morgan fingerprint density at radius 3 is 2.50 bits per heavy atom. The third kappa shape index (κ3) is 3.32. The Labute approximate surface area is 81.8 Å². The van der Waals surface area contributed by atoms with Crippen molar-refractivity contribution in [1.29, 1.82) is 0 Å². The molecule has 1 rings (SSSR count). The summed E-state index contributed by atoms with van der Waals surface area (Å²) in [5, 5.41) is 7.00. The number of aliphatic hydroxyl groups is 1. The smallest absolute Gasteiger partial charge is 0.0413 e. The molecule has 0 aromatic carbocycles. The van der Waals surface area contributed by atoms with Crippen LogP contribution in [0.1, 0.15) is 18.2 Å². The number of nitrogens with zero attached hydrogens (tertiary/aromatic N) is 1. The summed E-state index contributed by atoms with van der Waals surface area (Å²) in [5.41, 5.74) is 2.44. The monoisotopic (exact) mass is 231 g/mol. The van der Waals surface area contributed by atoms with Crippen LogP contribution in [0.25, 0.3) is 0 Å². The Hall–Kier alpha value is -0.410. The van der Waals surface area contributed by atoms with Gasteiger partial charge in [-0.25, -0.2) is 0 Å². The van der Waals surface area contributed by atoms with Gasteiger partial charge in [-0.3, -0.25) is 4.98 Å². The lowest BCUT2D eigenvalue weighted by Crippen LogP contribution is -1.89. The second-order valence-corrected chi connectivity index (χ2v) is 3.17. The van der Waals surface area contributed by atoms with E-state index in [9.17, 15) is 0 Å². The molecule has 0 spiro atoms. The van der Waals surface area contributed by atoms with Crippen LogP contribution in [0.5, 0.6) is 0 Å². The second kappa shape index (κ2) is 6.14. The quantitative estimate of drug-likeness (QED) is 0.806. The van der Waals surface area contributed by atoms with Gasteiger partial charge in [0.2, 0.25) is 0 Å². The standard InChI is InChI=1S/C8H10BrN.CH4O/c1-3-7-4-8(9)5-10-6(7)2;1-2/h4-5H,3H2,1-2H3;2H,1H3. The third-order valence-electron chi connectivity index (χ3n) is 1.54. The van der Waals surface area contributed by atoms with E-state index in [2.05, 4.69) is 33.9 Å². The van der Waals surface area contributed by atoms with Gasteiger partial charge >= 0.3 is 0 Å². The minimum Gasteiger partial charge on any atom is -0.400 e. The topological polar surface area (TPSA) is 33.1 Å². The number of hydrogen-bond donors (Lipinski definition) is 1. The van der Waals surface area contributed by atoms with Gasteiger partial charge in [-0.2, -0.15) is 0 Å². The van der Waals surface area contributed by atoms with E-state index in [0.717, 1.165) is 23.7 Å². The summed E-state index contributed by atoms with van der Waals surface area (Å²) < 4.78 is 1.06. The Bertz CT molecular complexity index is 238. The lowest BCUT2D eigenvalue weighted by Gasteiger charge is -2.00. The van der Waals surface area contributed by atoms with E-state index in [1.165, 1.54) is 5.56 Å². The molecule has 1 heterocycles. The molecule has 0 aliphatic rings. The number of aryl methyl sites for hydroxylation is 2. The van der Waals surface area contributed by atoms with Gasteiger partial charge in [0.05, 0.1) is 0 Å². The average Bonchev–Trinajstić information content (AvgIpc) is 2.13. The van der Waals surface area contributed by atoms with Crippen LogP contribution in [0.4, 0.5) is 0 Å². The molecule has 1 aromatic heterocycles. The largest absolute Gasteiger partial charge is 0.400 e. The first-order chi connectivity index (χ1) is 5.74. The zero-order valence-electron chi connectivity index (χ0n) is 7.63. The van der Waals surface area contributed by atoms with Crippen molar-refractivity contribution < 1.29 is 5.11 Å². The molecule has 0 radical (unpaired) electrons. The summed E-state index contributed by atoms with van der Waals surface area (Å²) in [4.78, 5) is 4.20. The molecule has 0 atom stereocenters. The normalized spacial score (nSPS) is 8.75. The predicted octanol–water partition coefficient (Wildman–Crippen LogP) is 2.32. The summed E-state index contributed by atoms with van der Waals surface area (Å²) in [6.45, 7) is 4.17. The van der Waals surface area contributed by atoms with Crippen molar-refractivity contribution in [2.45, 2.75) is 20.3 Å². The van der Waals surface area contributed by atoms with E-state index in [-0.39, 0.29) is 0 Å². The van der Waals surface area contributed by atoms with Gasteiger partial charge in [0.25, 0.3) is 0 Å². The molecule has 0 bridgehead atoms. The maximum Gasteiger partial charge on any atom is 0.0413 e. The minimum absolute atomic E-state index is 1.00. The van der Waals surface area contributed by atoms with E-state index in [1.54, 1.807) is 0 Å². The summed E-state index contributed by atoms with van der Waals surface area (Å²) >= 11 is 3.37. The molecule has 0 saturated heterocycles.